The van der Waals surface area contributed by atoms with Crippen molar-refractivity contribution < 1.29 is 19.8 Å². The molecule has 2 fully saturated rings. The second kappa shape index (κ2) is 3.73. The van der Waals surface area contributed by atoms with E-state index in [1.54, 1.807) is 11.8 Å². The van der Waals surface area contributed by atoms with Gasteiger partial charge in [0.05, 0.1) is 6.10 Å². The van der Waals surface area contributed by atoms with Crippen molar-refractivity contribution in [2.45, 2.75) is 32.3 Å². The van der Waals surface area contributed by atoms with Crippen LogP contribution in [0.5, 0.6) is 0 Å². The Labute approximate surface area is 94.0 Å². The highest BCUT2D eigenvalue weighted by Gasteiger charge is 2.59. The molecular formula is C11H17NO4. The number of carbonyl (C=O) groups excluding carboxylic acids is 1. The Morgan fingerprint density at radius 3 is 2.44 bits per heavy atom. The van der Waals surface area contributed by atoms with Gasteiger partial charge in [0, 0.05) is 19.0 Å². The van der Waals surface area contributed by atoms with E-state index in [0.29, 0.717) is 25.9 Å². The van der Waals surface area contributed by atoms with Crippen LogP contribution < -0.4 is 0 Å². The molecule has 1 aliphatic heterocycles. The van der Waals surface area contributed by atoms with Gasteiger partial charge in [0.15, 0.2) is 0 Å². The minimum atomic E-state index is -1.13. The molecule has 16 heavy (non-hydrogen) atoms. The van der Waals surface area contributed by atoms with Gasteiger partial charge in [0.2, 0.25) is 5.91 Å². The lowest BCUT2D eigenvalue weighted by Crippen LogP contribution is -2.40. The topological polar surface area (TPSA) is 77.8 Å². The lowest BCUT2D eigenvalue weighted by Gasteiger charge is -2.21. The van der Waals surface area contributed by atoms with Crippen LogP contribution in [0.15, 0.2) is 0 Å². The number of aliphatic hydroxyl groups is 1. The molecule has 1 aliphatic carbocycles. The molecule has 2 rings (SSSR count). The fraction of sp³-hybridized carbons (Fsp3) is 0.818. The van der Waals surface area contributed by atoms with Crippen LogP contribution in [0.1, 0.15) is 26.2 Å². The van der Waals surface area contributed by atoms with Crippen LogP contribution >= 0.6 is 0 Å². The van der Waals surface area contributed by atoms with Crippen molar-refractivity contribution in [3.8, 4) is 0 Å². The zero-order valence-corrected chi connectivity index (χ0v) is 9.35. The third kappa shape index (κ3) is 1.69. The summed E-state index contributed by atoms with van der Waals surface area (Å²) in [7, 11) is 0. The smallest absolute Gasteiger partial charge is 0.319 e. The van der Waals surface area contributed by atoms with Crippen LogP contribution in [0.4, 0.5) is 0 Å². The molecule has 5 nitrogen and oxygen atoms in total. The van der Waals surface area contributed by atoms with E-state index in [9.17, 15) is 14.7 Å². The van der Waals surface area contributed by atoms with E-state index in [0.717, 1.165) is 6.42 Å². The first kappa shape index (κ1) is 11.4. The van der Waals surface area contributed by atoms with Crippen molar-refractivity contribution in [1.29, 1.82) is 0 Å². The molecule has 0 aromatic heterocycles. The summed E-state index contributed by atoms with van der Waals surface area (Å²) in [5, 5.41) is 18.4. The summed E-state index contributed by atoms with van der Waals surface area (Å²) in [6, 6.07) is 0. The molecule has 1 heterocycles. The molecule has 0 spiro atoms. The fourth-order valence-corrected chi connectivity index (χ4v) is 2.31. The predicted molar refractivity (Wildman–Crippen MR) is 55.7 cm³/mol. The fourth-order valence-electron chi connectivity index (χ4n) is 2.31. The van der Waals surface area contributed by atoms with Gasteiger partial charge in [-0.15, -0.1) is 0 Å². The zero-order valence-electron chi connectivity index (χ0n) is 9.35. The Morgan fingerprint density at radius 2 is 2.06 bits per heavy atom. The van der Waals surface area contributed by atoms with Gasteiger partial charge < -0.3 is 15.1 Å². The van der Waals surface area contributed by atoms with Crippen LogP contribution in [0.25, 0.3) is 0 Å². The number of nitrogens with zero attached hydrogens (tertiary/aromatic N) is 1. The predicted octanol–water partition coefficient (Wildman–Crippen LogP) is 0.0805. The van der Waals surface area contributed by atoms with Crippen LogP contribution in [-0.2, 0) is 9.59 Å². The van der Waals surface area contributed by atoms with Crippen molar-refractivity contribution >= 4 is 11.9 Å². The molecule has 2 N–H and O–H groups in total. The first-order valence-electron chi connectivity index (χ1n) is 5.68. The molecule has 1 amide bonds. The van der Waals surface area contributed by atoms with E-state index in [1.807, 2.05) is 0 Å². The largest absolute Gasteiger partial charge is 0.480 e. The normalized spacial score (nSPS) is 28.9. The number of aliphatic carboxylic acids is 1. The van der Waals surface area contributed by atoms with Crippen LogP contribution in [-0.4, -0.2) is 46.2 Å². The highest BCUT2D eigenvalue weighted by molar-refractivity contribution is 6.04. The van der Waals surface area contributed by atoms with Crippen LogP contribution in [0.3, 0.4) is 0 Å². The molecule has 2 atom stereocenters. The van der Waals surface area contributed by atoms with Gasteiger partial charge in [0.1, 0.15) is 5.41 Å². The summed E-state index contributed by atoms with van der Waals surface area (Å²) >= 11 is 0. The van der Waals surface area contributed by atoms with E-state index < -0.39 is 17.5 Å². The average Bonchev–Trinajstić information content (AvgIpc) is 2.88. The van der Waals surface area contributed by atoms with E-state index in [4.69, 9.17) is 5.11 Å². The second-order valence-corrected chi connectivity index (χ2v) is 4.93. The highest BCUT2D eigenvalue weighted by atomic mass is 16.4. The second-order valence-electron chi connectivity index (χ2n) is 4.93. The highest BCUT2D eigenvalue weighted by Crippen LogP contribution is 2.48. The molecule has 1 saturated heterocycles. The first-order chi connectivity index (χ1) is 7.47. The maximum atomic E-state index is 12.0. The Balaban J connectivity index is 2.00. The number of carbonyl (C=O) groups is 2. The summed E-state index contributed by atoms with van der Waals surface area (Å²) in [6.45, 7) is 2.78. The summed E-state index contributed by atoms with van der Waals surface area (Å²) in [5.41, 5.74) is -1.13. The average molecular weight is 227 g/mol. The zero-order chi connectivity index (χ0) is 11.9. The molecule has 0 aromatic carbocycles. The summed E-state index contributed by atoms with van der Waals surface area (Å²) in [4.78, 5) is 24.6. The van der Waals surface area contributed by atoms with Gasteiger partial charge in [0.25, 0.3) is 0 Å². The molecule has 5 heteroatoms. The Bertz CT molecular complexity index is 322. The van der Waals surface area contributed by atoms with E-state index in [2.05, 4.69) is 0 Å². The summed E-state index contributed by atoms with van der Waals surface area (Å²) in [5.74, 6) is -1.17. The van der Waals surface area contributed by atoms with E-state index >= 15 is 0 Å². The maximum absolute atomic E-state index is 12.0. The standard InChI is InChI=1S/C11H17NO4/c1-7(13)8-2-5-12(6-8)9(14)11(3-4-11)10(15)16/h7-8,13H,2-6H2,1H3,(H,15,16). The molecule has 0 aromatic rings. The molecule has 0 radical (unpaired) electrons. The van der Waals surface area contributed by atoms with Crippen LogP contribution in [0, 0.1) is 11.3 Å². The van der Waals surface area contributed by atoms with E-state index in [-0.39, 0.29) is 11.8 Å². The van der Waals surface area contributed by atoms with Crippen LogP contribution in [0.2, 0.25) is 0 Å². The van der Waals surface area contributed by atoms with Crippen molar-refractivity contribution in [2.24, 2.45) is 11.3 Å². The first-order valence-corrected chi connectivity index (χ1v) is 5.68. The number of hydrogen-bond acceptors (Lipinski definition) is 3. The maximum Gasteiger partial charge on any atom is 0.319 e. The van der Waals surface area contributed by atoms with Crippen molar-refractivity contribution in [3.63, 3.8) is 0 Å². The number of carboxylic acid groups (broad SMARTS) is 1. The summed E-state index contributed by atoms with van der Waals surface area (Å²) in [6.07, 6.45) is 1.24. The van der Waals surface area contributed by atoms with Gasteiger partial charge in [-0.2, -0.15) is 0 Å². The third-order valence-electron chi connectivity index (χ3n) is 3.76. The van der Waals surface area contributed by atoms with Gasteiger partial charge in [-0.1, -0.05) is 0 Å². The monoisotopic (exact) mass is 227 g/mol. The Morgan fingerprint density at radius 1 is 1.44 bits per heavy atom. The lowest BCUT2D eigenvalue weighted by molar-refractivity contribution is -0.153. The molecule has 0 bridgehead atoms. The van der Waals surface area contributed by atoms with Crippen molar-refractivity contribution in [3.05, 3.63) is 0 Å². The Kier molecular flexibility index (Phi) is 2.66. The van der Waals surface area contributed by atoms with Gasteiger partial charge in [-0.25, -0.2) is 0 Å². The number of rotatable bonds is 3. The molecule has 1 saturated carbocycles. The van der Waals surface area contributed by atoms with Gasteiger partial charge >= 0.3 is 5.97 Å². The molecule has 90 valence electrons. The van der Waals surface area contributed by atoms with Gasteiger partial charge in [-0.3, -0.25) is 9.59 Å². The number of carboxylic acids is 1. The van der Waals surface area contributed by atoms with Crippen molar-refractivity contribution in [2.75, 3.05) is 13.1 Å². The van der Waals surface area contributed by atoms with Gasteiger partial charge in [-0.05, 0) is 26.2 Å². The van der Waals surface area contributed by atoms with E-state index in [1.165, 1.54) is 0 Å². The SMILES string of the molecule is CC(O)C1CCN(C(=O)C2(C(=O)O)CC2)C1. The quantitative estimate of drug-likeness (QED) is 0.669. The minimum Gasteiger partial charge on any atom is -0.480 e. The molecular weight excluding hydrogens is 210 g/mol. The summed E-state index contributed by atoms with van der Waals surface area (Å²) < 4.78 is 0. The number of likely N-dealkylation sites (tertiary alicyclic amines) is 1. The molecule has 2 aliphatic rings. The number of amides is 1. The lowest BCUT2D eigenvalue weighted by atomic mass is 10.0. The number of hydrogen-bond donors (Lipinski definition) is 2. The number of aliphatic hydroxyl groups excluding tert-OH is 1. The third-order valence-corrected chi connectivity index (χ3v) is 3.76. The minimum absolute atomic E-state index is 0.0912. The Hall–Kier alpha value is -1.10. The van der Waals surface area contributed by atoms with Crippen molar-refractivity contribution in [1.82, 2.24) is 4.90 Å². The molecule has 2 unspecified atom stereocenters.